The molecule has 1 saturated heterocycles. The van der Waals surface area contributed by atoms with Gasteiger partial charge in [-0.3, -0.25) is 19.8 Å². The van der Waals surface area contributed by atoms with Crippen LogP contribution in [0.4, 0.5) is 10.5 Å². The number of amides is 1. The summed E-state index contributed by atoms with van der Waals surface area (Å²) in [5, 5.41) is 10.8. The van der Waals surface area contributed by atoms with E-state index in [1.165, 1.54) is 17.0 Å². The minimum Gasteiger partial charge on any atom is -0.444 e. The van der Waals surface area contributed by atoms with Crippen molar-refractivity contribution in [2.24, 2.45) is 0 Å². The second-order valence-electron chi connectivity index (χ2n) is 8.28. The Morgan fingerprint density at radius 1 is 1.35 bits per heavy atom. The summed E-state index contributed by atoms with van der Waals surface area (Å²) in [7, 11) is 0. The Morgan fingerprint density at radius 2 is 2.10 bits per heavy atom. The van der Waals surface area contributed by atoms with Crippen LogP contribution in [0.1, 0.15) is 53.4 Å². The molecule has 0 spiro atoms. The molecule has 0 unspecified atom stereocenters. The maximum absolute atomic E-state index is 13.0. The first kappa shape index (κ1) is 25.0. The quantitative estimate of drug-likeness (QED) is 0.271. The number of rotatable bonds is 8. The van der Waals surface area contributed by atoms with E-state index in [1.807, 2.05) is 0 Å². The number of carbonyl (C=O) groups is 2. The Balaban J connectivity index is 2.07. The highest BCUT2D eigenvalue weighted by Gasteiger charge is 2.38. The van der Waals surface area contributed by atoms with Gasteiger partial charge in [0.2, 0.25) is 5.12 Å². The van der Waals surface area contributed by atoms with Gasteiger partial charge in [0.1, 0.15) is 22.9 Å². The smallest absolute Gasteiger partial charge is 0.410 e. The zero-order chi connectivity index (χ0) is 23.0. The molecular weight excluding hydrogens is 424 g/mol. The molecule has 2 heterocycles. The van der Waals surface area contributed by atoms with Crippen LogP contribution in [0.5, 0.6) is 0 Å². The van der Waals surface area contributed by atoms with E-state index in [2.05, 4.69) is 17.4 Å². The molecule has 172 valence electrons. The Hall–Kier alpha value is -2.24. The number of hydrogen-bond donors (Lipinski definition) is 1. The van der Waals surface area contributed by atoms with Crippen molar-refractivity contribution >= 4 is 28.7 Å². The van der Waals surface area contributed by atoms with Gasteiger partial charge >= 0.3 is 6.09 Å². The van der Waals surface area contributed by atoms with E-state index < -0.39 is 22.7 Å². The third-order valence-electron chi connectivity index (χ3n) is 4.47. The molecule has 1 aromatic heterocycles. The van der Waals surface area contributed by atoms with Crippen molar-refractivity contribution in [1.82, 2.24) is 15.4 Å². The van der Waals surface area contributed by atoms with Crippen LogP contribution in [0.3, 0.4) is 0 Å². The van der Waals surface area contributed by atoms with Gasteiger partial charge in [-0.1, -0.05) is 13.3 Å². The minimum atomic E-state index is -0.699. The van der Waals surface area contributed by atoms with E-state index in [0.717, 1.165) is 30.8 Å². The van der Waals surface area contributed by atoms with Gasteiger partial charge in [-0.2, -0.15) is 5.48 Å². The van der Waals surface area contributed by atoms with Gasteiger partial charge in [-0.05, 0) is 57.9 Å². The second-order valence-corrected chi connectivity index (χ2v) is 9.30. The molecule has 1 aliphatic rings. The monoisotopic (exact) mass is 454 g/mol. The highest BCUT2D eigenvalue weighted by Crippen LogP contribution is 2.28. The lowest BCUT2D eigenvalue weighted by Gasteiger charge is -2.39. The summed E-state index contributed by atoms with van der Waals surface area (Å²) in [4.78, 5) is 46.9. The molecular formula is C20H30N4O6S. The van der Waals surface area contributed by atoms with Crippen molar-refractivity contribution in [2.45, 2.75) is 76.1 Å². The molecule has 1 fully saturated rings. The molecule has 11 heteroatoms. The Labute approximate surface area is 186 Å². The fraction of sp³-hybridized carbons (Fsp3) is 0.650. The number of pyridine rings is 1. The summed E-state index contributed by atoms with van der Waals surface area (Å²) in [5.41, 5.74) is 2.14. The van der Waals surface area contributed by atoms with Gasteiger partial charge in [0.25, 0.3) is 5.69 Å². The van der Waals surface area contributed by atoms with Gasteiger partial charge in [-0.25, -0.2) is 9.78 Å². The number of nitrogens with one attached hydrogen (secondary N) is 1. The summed E-state index contributed by atoms with van der Waals surface area (Å²) < 4.78 is 5.51. The van der Waals surface area contributed by atoms with Crippen LogP contribution in [0.2, 0.25) is 0 Å². The Morgan fingerprint density at radius 3 is 2.68 bits per heavy atom. The van der Waals surface area contributed by atoms with Crippen LogP contribution in [0, 0.1) is 10.1 Å². The molecule has 1 aliphatic heterocycles. The highest BCUT2D eigenvalue weighted by atomic mass is 32.2. The van der Waals surface area contributed by atoms with E-state index >= 15 is 0 Å². The van der Waals surface area contributed by atoms with Crippen LogP contribution >= 0.6 is 11.8 Å². The van der Waals surface area contributed by atoms with Crippen LogP contribution < -0.4 is 5.48 Å². The Kier molecular flexibility index (Phi) is 9.20. The lowest BCUT2D eigenvalue weighted by Crippen LogP contribution is -2.55. The lowest BCUT2D eigenvalue weighted by atomic mass is 10.00. The fourth-order valence-corrected chi connectivity index (χ4v) is 3.77. The molecule has 0 aromatic carbocycles. The predicted molar refractivity (Wildman–Crippen MR) is 116 cm³/mol. The maximum atomic E-state index is 13.0. The molecule has 0 aliphatic carbocycles. The average Bonchev–Trinajstić information content (AvgIpc) is 2.70. The number of hydroxylamine groups is 1. The first-order chi connectivity index (χ1) is 14.6. The first-order valence-electron chi connectivity index (χ1n) is 10.3. The average molecular weight is 455 g/mol. The van der Waals surface area contributed by atoms with Gasteiger partial charge in [-0.15, -0.1) is 0 Å². The minimum absolute atomic E-state index is 0.115. The first-order valence-corrected chi connectivity index (χ1v) is 11.1. The maximum Gasteiger partial charge on any atom is 0.410 e. The molecule has 1 aromatic rings. The molecule has 10 nitrogen and oxygen atoms in total. The molecule has 2 rings (SSSR count). The summed E-state index contributed by atoms with van der Waals surface area (Å²) in [5.74, 6) is 0. The van der Waals surface area contributed by atoms with E-state index in [9.17, 15) is 19.7 Å². The fourth-order valence-electron chi connectivity index (χ4n) is 2.94. The number of thioether (sulfide) groups is 1. The third-order valence-corrected chi connectivity index (χ3v) is 5.39. The van der Waals surface area contributed by atoms with Gasteiger partial charge in [0.15, 0.2) is 0 Å². The van der Waals surface area contributed by atoms with Gasteiger partial charge < -0.3 is 9.57 Å². The normalized spacial score (nSPS) is 19.2. The number of carbonyl (C=O) groups excluding carboxylic acids is 2. The number of ether oxygens (including phenoxy) is 1. The number of nitrogens with zero attached hydrogens (tertiary/aromatic N) is 3. The predicted octanol–water partition coefficient (Wildman–Crippen LogP) is 3.70. The Bertz CT molecular complexity index is 768. The van der Waals surface area contributed by atoms with Crippen molar-refractivity contribution in [3.05, 3.63) is 28.4 Å². The van der Waals surface area contributed by atoms with Crippen LogP contribution in [-0.2, 0) is 14.4 Å². The SMILES string of the molecule is CCCCON[C@@H]1CC[C@@H](C(=O)Sc2ccc([N+](=O)[O-])cn2)N(C(=O)OC(C)(C)C)C1. The van der Waals surface area contributed by atoms with Gasteiger partial charge in [0.05, 0.1) is 17.6 Å². The van der Waals surface area contributed by atoms with Crippen molar-refractivity contribution in [3.63, 3.8) is 0 Å². The van der Waals surface area contributed by atoms with Crippen molar-refractivity contribution < 1.29 is 24.1 Å². The number of unbranched alkanes of at least 4 members (excludes halogenated alkanes) is 1. The molecule has 2 atom stereocenters. The second kappa shape index (κ2) is 11.4. The topological polar surface area (TPSA) is 124 Å². The zero-order valence-corrected chi connectivity index (χ0v) is 19.1. The summed E-state index contributed by atoms with van der Waals surface area (Å²) in [6.45, 7) is 8.22. The summed E-state index contributed by atoms with van der Waals surface area (Å²) >= 11 is 0.862. The van der Waals surface area contributed by atoms with Crippen LogP contribution in [-0.4, -0.2) is 56.9 Å². The summed E-state index contributed by atoms with van der Waals surface area (Å²) in [6, 6.07) is 1.91. The van der Waals surface area contributed by atoms with Crippen molar-refractivity contribution in [1.29, 1.82) is 0 Å². The molecule has 31 heavy (non-hydrogen) atoms. The van der Waals surface area contributed by atoms with Gasteiger partial charge in [0, 0.05) is 12.6 Å². The lowest BCUT2D eigenvalue weighted by molar-refractivity contribution is -0.385. The standard InChI is InChI=1S/C20H30N4O6S/c1-5-6-11-29-22-14-7-9-16(23(13-14)19(26)30-20(2,3)4)18(25)31-17-10-8-15(12-21-17)24(27)28/h8,10,12,14,16,22H,5-7,9,11,13H2,1-4H3/t14-,16+/m1/s1. The van der Waals surface area contributed by atoms with Crippen LogP contribution in [0.15, 0.2) is 23.4 Å². The molecule has 1 amide bonds. The summed E-state index contributed by atoms with van der Waals surface area (Å²) in [6.07, 6.45) is 3.57. The van der Waals surface area contributed by atoms with E-state index in [-0.39, 0.29) is 23.4 Å². The molecule has 0 saturated carbocycles. The van der Waals surface area contributed by atoms with E-state index in [0.29, 0.717) is 24.5 Å². The number of hydrogen-bond acceptors (Lipinski definition) is 9. The molecule has 1 N–H and O–H groups in total. The number of piperidine rings is 1. The molecule has 0 radical (unpaired) electrons. The molecule has 0 bridgehead atoms. The highest BCUT2D eigenvalue weighted by molar-refractivity contribution is 8.13. The largest absolute Gasteiger partial charge is 0.444 e. The number of aromatic nitrogens is 1. The van der Waals surface area contributed by atoms with Crippen molar-refractivity contribution in [3.8, 4) is 0 Å². The van der Waals surface area contributed by atoms with Crippen molar-refractivity contribution in [2.75, 3.05) is 13.2 Å². The van der Waals surface area contributed by atoms with Crippen LogP contribution in [0.25, 0.3) is 0 Å². The number of nitro groups is 1. The third kappa shape index (κ3) is 8.08. The zero-order valence-electron chi connectivity index (χ0n) is 18.3. The van der Waals surface area contributed by atoms with E-state index in [1.54, 1.807) is 20.8 Å². The number of likely N-dealkylation sites (tertiary alicyclic amines) is 1. The van der Waals surface area contributed by atoms with E-state index in [4.69, 9.17) is 9.57 Å².